The molecule has 13 heavy (non-hydrogen) atoms. The van der Waals surface area contributed by atoms with Crippen molar-refractivity contribution in [2.45, 2.75) is 37.4 Å². The summed E-state index contributed by atoms with van der Waals surface area (Å²) < 4.78 is 36.7. The van der Waals surface area contributed by atoms with E-state index < -0.39 is 17.6 Å². The molecule has 4 N–H and O–H groups in total. The molecular weight excluding hydrogens is 181 g/mol. The van der Waals surface area contributed by atoms with E-state index in [1.165, 1.54) is 0 Å². The molecule has 0 aromatic carbocycles. The molecule has 0 amide bonds. The first-order chi connectivity index (χ1) is 5.87. The van der Waals surface area contributed by atoms with Crippen LogP contribution in [0.4, 0.5) is 13.2 Å². The standard InChI is InChI=1S/C8H15F3N2/c9-8(10,11)6-1-3-7(13,5-12)4-2-6/h6H,1-5,12-13H2. The monoisotopic (exact) mass is 196 g/mol. The van der Waals surface area contributed by atoms with Gasteiger partial charge in [0.2, 0.25) is 0 Å². The summed E-state index contributed by atoms with van der Waals surface area (Å²) in [6.45, 7) is 0.275. The zero-order valence-electron chi connectivity index (χ0n) is 7.40. The Morgan fingerprint density at radius 1 is 1.23 bits per heavy atom. The van der Waals surface area contributed by atoms with E-state index in [4.69, 9.17) is 11.5 Å². The van der Waals surface area contributed by atoms with Gasteiger partial charge in [-0.3, -0.25) is 0 Å². The summed E-state index contributed by atoms with van der Waals surface area (Å²) in [5.41, 5.74) is 10.6. The average Bonchev–Trinajstić information content (AvgIpc) is 2.04. The molecule has 0 spiro atoms. The van der Waals surface area contributed by atoms with Gasteiger partial charge in [0, 0.05) is 12.1 Å². The van der Waals surface area contributed by atoms with Gasteiger partial charge in [-0.25, -0.2) is 0 Å². The molecule has 0 radical (unpaired) electrons. The Morgan fingerprint density at radius 3 is 2.00 bits per heavy atom. The Kier molecular flexibility index (Phi) is 2.87. The smallest absolute Gasteiger partial charge is 0.329 e. The largest absolute Gasteiger partial charge is 0.391 e. The highest BCUT2D eigenvalue weighted by atomic mass is 19.4. The van der Waals surface area contributed by atoms with Crippen LogP contribution in [0.15, 0.2) is 0 Å². The normalized spacial score (nSPS) is 36.2. The Labute approximate surface area is 75.5 Å². The summed E-state index contributed by atoms with van der Waals surface area (Å²) in [6, 6.07) is 0. The fourth-order valence-corrected chi connectivity index (χ4v) is 1.72. The minimum absolute atomic E-state index is 0.122. The lowest BCUT2D eigenvalue weighted by Crippen LogP contribution is -2.50. The molecule has 1 fully saturated rings. The van der Waals surface area contributed by atoms with E-state index in [9.17, 15) is 13.2 Å². The van der Waals surface area contributed by atoms with Gasteiger partial charge in [0.25, 0.3) is 0 Å². The van der Waals surface area contributed by atoms with E-state index >= 15 is 0 Å². The van der Waals surface area contributed by atoms with Crippen LogP contribution in [-0.4, -0.2) is 18.3 Å². The van der Waals surface area contributed by atoms with Crippen molar-refractivity contribution in [3.63, 3.8) is 0 Å². The van der Waals surface area contributed by atoms with E-state index in [0.29, 0.717) is 12.8 Å². The molecule has 1 aliphatic rings. The van der Waals surface area contributed by atoms with Crippen molar-refractivity contribution >= 4 is 0 Å². The summed E-state index contributed by atoms with van der Waals surface area (Å²) in [7, 11) is 0. The highest BCUT2D eigenvalue weighted by molar-refractivity contribution is 4.92. The summed E-state index contributed by atoms with van der Waals surface area (Å²) in [5.74, 6) is -1.17. The van der Waals surface area contributed by atoms with Crippen LogP contribution in [0.5, 0.6) is 0 Å². The van der Waals surface area contributed by atoms with E-state index in [1.54, 1.807) is 0 Å². The minimum atomic E-state index is -4.06. The van der Waals surface area contributed by atoms with Crippen molar-refractivity contribution in [3.8, 4) is 0 Å². The molecule has 0 aliphatic heterocycles. The zero-order chi connectivity index (χ0) is 10.1. The summed E-state index contributed by atoms with van der Waals surface area (Å²) in [5, 5.41) is 0. The molecule has 0 heterocycles. The third-order valence-electron chi connectivity index (χ3n) is 2.85. The van der Waals surface area contributed by atoms with Gasteiger partial charge < -0.3 is 11.5 Å². The Bertz CT molecular complexity index is 171. The Hall–Kier alpha value is -0.290. The van der Waals surface area contributed by atoms with Gasteiger partial charge >= 0.3 is 6.18 Å². The van der Waals surface area contributed by atoms with Crippen LogP contribution >= 0.6 is 0 Å². The van der Waals surface area contributed by atoms with E-state index in [-0.39, 0.29) is 19.4 Å². The molecule has 78 valence electrons. The number of rotatable bonds is 1. The topological polar surface area (TPSA) is 52.0 Å². The molecule has 0 saturated heterocycles. The number of hydrogen-bond donors (Lipinski definition) is 2. The van der Waals surface area contributed by atoms with E-state index in [0.717, 1.165) is 0 Å². The van der Waals surface area contributed by atoms with E-state index in [1.807, 2.05) is 0 Å². The number of halogens is 3. The lowest BCUT2D eigenvalue weighted by Gasteiger charge is -2.36. The van der Waals surface area contributed by atoms with Gasteiger partial charge in [0.1, 0.15) is 0 Å². The van der Waals surface area contributed by atoms with Gasteiger partial charge in [-0.15, -0.1) is 0 Å². The predicted molar refractivity (Wildman–Crippen MR) is 44.0 cm³/mol. The number of hydrogen-bond acceptors (Lipinski definition) is 2. The molecule has 1 aliphatic carbocycles. The van der Waals surface area contributed by atoms with Crippen molar-refractivity contribution in [3.05, 3.63) is 0 Å². The molecule has 1 rings (SSSR count). The maximum Gasteiger partial charge on any atom is 0.391 e. The second-order valence-electron chi connectivity index (χ2n) is 3.88. The van der Waals surface area contributed by atoms with Crippen molar-refractivity contribution in [2.75, 3.05) is 6.54 Å². The quantitative estimate of drug-likeness (QED) is 0.666. The van der Waals surface area contributed by atoms with E-state index in [2.05, 4.69) is 0 Å². The summed E-state index contributed by atoms with van der Waals surface area (Å²) in [6.07, 6.45) is -3.05. The summed E-state index contributed by atoms with van der Waals surface area (Å²) in [4.78, 5) is 0. The molecule has 0 unspecified atom stereocenters. The van der Waals surface area contributed by atoms with Crippen molar-refractivity contribution in [1.29, 1.82) is 0 Å². The Morgan fingerprint density at radius 2 is 1.69 bits per heavy atom. The first kappa shape index (κ1) is 10.8. The van der Waals surface area contributed by atoms with Gasteiger partial charge in [-0.05, 0) is 25.7 Å². The van der Waals surface area contributed by atoms with Crippen LogP contribution in [0.25, 0.3) is 0 Å². The minimum Gasteiger partial charge on any atom is -0.329 e. The second-order valence-corrected chi connectivity index (χ2v) is 3.88. The molecule has 0 atom stereocenters. The molecule has 1 saturated carbocycles. The van der Waals surface area contributed by atoms with Gasteiger partial charge in [0.15, 0.2) is 0 Å². The van der Waals surface area contributed by atoms with Crippen LogP contribution in [0, 0.1) is 5.92 Å². The zero-order valence-corrected chi connectivity index (χ0v) is 7.40. The average molecular weight is 196 g/mol. The first-order valence-corrected chi connectivity index (χ1v) is 4.43. The highest BCUT2D eigenvalue weighted by Gasteiger charge is 2.44. The summed E-state index contributed by atoms with van der Waals surface area (Å²) >= 11 is 0. The number of alkyl halides is 3. The molecule has 5 heteroatoms. The highest BCUT2D eigenvalue weighted by Crippen LogP contribution is 2.39. The molecule has 0 bridgehead atoms. The number of nitrogens with two attached hydrogens (primary N) is 2. The first-order valence-electron chi connectivity index (χ1n) is 4.43. The van der Waals surface area contributed by atoms with Crippen LogP contribution < -0.4 is 11.5 Å². The molecule has 0 aromatic heterocycles. The van der Waals surface area contributed by atoms with Gasteiger partial charge in [-0.2, -0.15) is 13.2 Å². The maximum absolute atomic E-state index is 12.2. The fraction of sp³-hybridized carbons (Fsp3) is 1.00. The lowest BCUT2D eigenvalue weighted by molar-refractivity contribution is -0.184. The third kappa shape index (κ3) is 2.57. The second kappa shape index (κ2) is 3.46. The SMILES string of the molecule is NCC1(N)CCC(C(F)(F)F)CC1. The van der Waals surface area contributed by atoms with Crippen LogP contribution in [0.1, 0.15) is 25.7 Å². The van der Waals surface area contributed by atoms with Gasteiger partial charge in [-0.1, -0.05) is 0 Å². The fourth-order valence-electron chi connectivity index (χ4n) is 1.72. The molecule has 2 nitrogen and oxygen atoms in total. The van der Waals surface area contributed by atoms with Crippen LogP contribution in [0.2, 0.25) is 0 Å². The lowest BCUT2D eigenvalue weighted by atomic mass is 9.77. The van der Waals surface area contributed by atoms with Crippen LogP contribution in [-0.2, 0) is 0 Å². The van der Waals surface area contributed by atoms with Crippen molar-refractivity contribution in [2.24, 2.45) is 17.4 Å². The van der Waals surface area contributed by atoms with Crippen molar-refractivity contribution in [1.82, 2.24) is 0 Å². The molecular formula is C8H15F3N2. The maximum atomic E-state index is 12.2. The van der Waals surface area contributed by atoms with Gasteiger partial charge in [0.05, 0.1) is 5.92 Å². The third-order valence-corrected chi connectivity index (χ3v) is 2.85. The van der Waals surface area contributed by atoms with Crippen molar-refractivity contribution < 1.29 is 13.2 Å². The molecule has 0 aromatic rings. The Balaban J connectivity index is 2.48. The van der Waals surface area contributed by atoms with Crippen LogP contribution in [0.3, 0.4) is 0 Å². The predicted octanol–water partition coefficient (Wildman–Crippen LogP) is 1.40.